The minimum absolute atomic E-state index is 0.00523. The molecular weight excluding hydrogens is 168 g/mol. The number of amides is 1. The monoisotopic (exact) mass is 180 g/mol. The van der Waals surface area contributed by atoms with Crippen LogP contribution in [0.3, 0.4) is 0 Å². The molecule has 1 aliphatic rings. The van der Waals surface area contributed by atoms with E-state index in [-0.39, 0.29) is 5.91 Å². The molecule has 1 aliphatic heterocycles. The zero-order chi connectivity index (χ0) is 9.26. The van der Waals surface area contributed by atoms with E-state index in [0.29, 0.717) is 11.6 Å². The lowest BCUT2D eigenvalue weighted by Crippen LogP contribution is -2.27. The summed E-state index contributed by atoms with van der Waals surface area (Å²) in [6.45, 7) is 3.44. The SMILES string of the molecule is Cc1nc(C(=O)N2CCCC2)co1. The fourth-order valence-corrected chi connectivity index (χ4v) is 1.54. The van der Waals surface area contributed by atoms with Crippen LogP contribution in [0.4, 0.5) is 0 Å². The Labute approximate surface area is 76.6 Å². The van der Waals surface area contributed by atoms with Gasteiger partial charge in [-0.2, -0.15) is 0 Å². The van der Waals surface area contributed by atoms with Gasteiger partial charge in [-0.05, 0) is 12.8 Å². The van der Waals surface area contributed by atoms with Crippen molar-refractivity contribution in [1.82, 2.24) is 9.88 Å². The quantitative estimate of drug-likeness (QED) is 0.652. The highest BCUT2D eigenvalue weighted by Crippen LogP contribution is 2.12. The number of carbonyl (C=O) groups excluding carboxylic acids is 1. The standard InChI is InChI=1S/C9H12N2O2/c1-7-10-8(6-13-7)9(12)11-4-2-3-5-11/h6H,2-5H2,1H3. The summed E-state index contributed by atoms with van der Waals surface area (Å²) in [6, 6.07) is 0. The molecule has 0 spiro atoms. The molecule has 13 heavy (non-hydrogen) atoms. The van der Waals surface area contributed by atoms with Gasteiger partial charge in [0.15, 0.2) is 11.6 Å². The Balaban J connectivity index is 2.12. The zero-order valence-corrected chi connectivity index (χ0v) is 7.62. The molecule has 0 N–H and O–H groups in total. The van der Waals surface area contributed by atoms with E-state index in [2.05, 4.69) is 4.98 Å². The average Bonchev–Trinajstić information content (AvgIpc) is 2.72. The fraction of sp³-hybridized carbons (Fsp3) is 0.556. The van der Waals surface area contributed by atoms with Crippen LogP contribution >= 0.6 is 0 Å². The van der Waals surface area contributed by atoms with E-state index in [1.807, 2.05) is 4.90 Å². The van der Waals surface area contributed by atoms with Crippen molar-refractivity contribution in [3.8, 4) is 0 Å². The van der Waals surface area contributed by atoms with E-state index in [9.17, 15) is 4.79 Å². The minimum Gasteiger partial charge on any atom is -0.448 e. The van der Waals surface area contributed by atoms with Crippen LogP contribution in [0.5, 0.6) is 0 Å². The zero-order valence-electron chi connectivity index (χ0n) is 7.62. The Hall–Kier alpha value is -1.32. The first-order chi connectivity index (χ1) is 6.27. The van der Waals surface area contributed by atoms with Gasteiger partial charge in [-0.15, -0.1) is 0 Å². The van der Waals surface area contributed by atoms with E-state index in [1.54, 1.807) is 6.92 Å². The van der Waals surface area contributed by atoms with Crippen LogP contribution in [0, 0.1) is 6.92 Å². The second kappa shape index (κ2) is 3.20. The number of aryl methyl sites for hydroxylation is 1. The summed E-state index contributed by atoms with van der Waals surface area (Å²) in [4.78, 5) is 17.5. The second-order valence-corrected chi connectivity index (χ2v) is 3.25. The molecule has 1 aromatic rings. The molecule has 0 aromatic carbocycles. The number of hydrogen-bond acceptors (Lipinski definition) is 3. The first-order valence-electron chi connectivity index (χ1n) is 4.49. The summed E-state index contributed by atoms with van der Waals surface area (Å²) >= 11 is 0. The number of rotatable bonds is 1. The molecule has 2 rings (SSSR count). The molecule has 0 bridgehead atoms. The lowest BCUT2D eigenvalue weighted by Gasteiger charge is -2.12. The minimum atomic E-state index is -0.00523. The van der Waals surface area contributed by atoms with Crippen molar-refractivity contribution in [3.63, 3.8) is 0 Å². The maximum atomic E-state index is 11.7. The van der Waals surface area contributed by atoms with Crippen LogP contribution in [0.1, 0.15) is 29.2 Å². The molecule has 1 fully saturated rings. The molecule has 0 atom stereocenters. The van der Waals surface area contributed by atoms with Gasteiger partial charge in [-0.3, -0.25) is 4.79 Å². The summed E-state index contributed by atoms with van der Waals surface area (Å²) in [5.41, 5.74) is 0.430. The van der Waals surface area contributed by atoms with Crippen LogP contribution < -0.4 is 0 Å². The van der Waals surface area contributed by atoms with Crippen LogP contribution in [0.15, 0.2) is 10.7 Å². The Morgan fingerprint density at radius 3 is 2.77 bits per heavy atom. The predicted molar refractivity (Wildman–Crippen MR) is 46.4 cm³/mol. The third-order valence-electron chi connectivity index (χ3n) is 2.23. The van der Waals surface area contributed by atoms with Gasteiger partial charge >= 0.3 is 0 Å². The van der Waals surface area contributed by atoms with Crippen molar-refractivity contribution in [3.05, 3.63) is 17.8 Å². The third kappa shape index (κ3) is 1.56. The Bertz CT molecular complexity index is 313. The van der Waals surface area contributed by atoms with Gasteiger partial charge in [-0.25, -0.2) is 4.98 Å². The normalized spacial score (nSPS) is 16.5. The van der Waals surface area contributed by atoms with Crippen molar-refractivity contribution in [2.75, 3.05) is 13.1 Å². The summed E-state index contributed by atoms with van der Waals surface area (Å²) in [7, 11) is 0. The maximum absolute atomic E-state index is 11.7. The Morgan fingerprint density at radius 2 is 2.23 bits per heavy atom. The molecule has 1 saturated heterocycles. The van der Waals surface area contributed by atoms with Crippen molar-refractivity contribution in [2.24, 2.45) is 0 Å². The molecular formula is C9H12N2O2. The van der Waals surface area contributed by atoms with Gasteiger partial charge in [-0.1, -0.05) is 0 Å². The largest absolute Gasteiger partial charge is 0.448 e. The highest BCUT2D eigenvalue weighted by Gasteiger charge is 2.21. The maximum Gasteiger partial charge on any atom is 0.275 e. The predicted octanol–water partition coefficient (Wildman–Crippen LogP) is 1.22. The molecule has 0 unspecified atom stereocenters. The smallest absolute Gasteiger partial charge is 0.275 e. The molecule has 70 valence electrons. The van der Waals surface area contributed by atoms with Gasteiger partial charge in [0, 0.05) is 20.0 Å². The highest BCUT2D eigenvalue weighted by molar-refractivity contribution is 5.92. The molecule has 0 saturated carbocycles. The fourth-order valence-electron chi connectivity index (χ4n) is 1.54. The lowest BCUT2D eigenvalue weighted by atomic mass is 10.4. The number of aromatic nitrogens is 1. The molecule has 4 nitrogen and oxygen atoms in total. The first-order valence-corrected chi connectivity index (χ1v) is 4.49. The van der Waals surface area contributed by atoms with Gasteiger partial charge in [0.1, 0.15) is 6.26 Å². The topological polar surface area (TPSA) is 46.3 Å². The number of likely N-dealkylation sites (tertiary alicyclic amines) is 1. The Morgan fingerprint density at radius 1 is 1.54 bits per heavy atom. The molecule has 0 aliphatic carbocycles. The number of nitrogens with zero attached hydrogens (tertiary/aromatic N) is 2. The van der Waals surface area contributed by atoms with Gasteiger partial charge in [0.2, 0.25) is 0 Å². The third-order valence-corrected chi connectivity index (χ3v) is 2.23. The van der Waals surface area contributed by atoms with E-state index < -0.39 is 0 Å². The second-order valence-electron chi connectivity index (χ2n) is 3.25. The summed E-state index contributed by atoms with van der Waals surface area (Å²) in [5, 5.41) is 0. The number of carbonyl (C=O) groups is 1. The molecule has 4 heteroatoms. The van der Waals surface area contributed by atoms with Crippen molar-refractivity contribution in [2.45, 2.75) is 19.8 Å². The van der Waals surface area contributed by atoms with Gasteiger partial charge in [0.25, 0.3) is 5.91 Å². The van der Waals surface area contributed by atoms with E-state index in [0.717, 1.165) is 25.9 Å². The average molecular weight is 180 g/mol. The van der Waals surface area contributed by atoms with Crippen LogP contribution in [-0.2, 0) is 0 Å². The van der Waals surface area contributed by atoms with E-state index in [4.69, 9.17) is 4.42 Å². The number of hydrogen-bond donors (Lipinski definition) is 0. The highest BCUT2D eigenvalue weighted by atomic mass is 16.3. The van der Waals surface area contributed by atoms with Crippen molar-refractivity contribution in [1.29, 1.82) is 0 Å². The van der Waals surface area contributed by atoms with Crippen LogP contribution in [-0.4, -0.2) is 28.9 Å². The van der Waals surface area contributed by atoms with Gasteiger partial charge < -0.3 is 9.32 Å². The summed E-state index contributed by atoms with van der Waals surface area (Å²) in [5.74, 6) is 0.539. The molecule has 2 heterocycles. The van der Waals surface area contributed by atoms with E-state index >= 15 is 0 Å². The summed E-state index contributed by atoms with van der Waals surface area (Å²) in [6.07, 6.45) is 3.63. The van der Waals surface area contributed by atoms with Gasteiger partial charge in [0.05, 0.1) is 0 Å². The molecule has 0 radical (unpaired) electrons. The number of oxazole rings is 1. The van der Waals surface area contributed by atoms with E-state index in [1.165, 1.54) is 6.26 Å². The first kappa shape index (κ1) is 8.29. The molecule has 1 amide bonds. The van der Waals surface area contributed by atoms with Crippen molar-refractivity contribution >= 4 is 5.91 Å². The lowest BCUT2D eigenvalue weighted by molar-refractivity contribution is 0.0787. The van der Waals surface area contributed by atoms with Crippen LogP contribution in [0.25, 0.3) is 0 Å². The summed E-state index contributed by atoms with van der Waals surface area (Å²) < 4.78 is 4.99. The Kier molecular flexibility index (Phi) is 2.04. The van der Waals surface area contributed by atoms with Crippen LogP contribution in [0.2, 0.25) is 0 Å². The molecule has 1 aromatic heterocycles. The van der Waals surface area contributed by atoms with Crippen molar-refractivity contribution < 1.29 is 9.21 Å².